The number of oxime groups is 1. The number of hydrogen-bond donors (Lipinski definition) is 1. The van der Waals surface area contributed by atoms with Crippen LogP contribution >= 0.6 is 0 Å². The van der Waals surface area contributed by atoms with Crippen LogP contribution < -0.4 is 0 Å². The average molecular weight is 295 g/mol. The van der Waals surface area contributed by atoms with Gasteiger partial charge in [-0.05, 0) is 42.8 Å². The number of rotatable bonds is 3. The van der Waals surface area contributed by atoms with Crippen molar-refractivity contribution < 1.29 is 9.60 Å². The second kappa shape index (κ2) is 5.81. The maximum atomic E-state index is 13.4. The topological polar surface area (TPSA) is 50.4 Å². The first kappa shape index (κ1) is 14.0. The van der Waals surface area contributed by atoms with E-state index in [0.29, 0.717) is 16.8 Å². The number of benzene rings is 2. The molecule has 1 N–H and O–H groups in total. The maximum absolute atomic E-state index is 13.4. The van der Waals surface area contributed by atoms with Gasteiger partial charge in [0.2, 0.25) is 0 Å². The van der Waals surface area contributed by atoms with Gasteiger partial charge in [-0.1, -0.05) is 23.4 Å². The van der Waals surface area contributed by atoms with Crippen LogP contribution in [0, 0.1) is 12.7 Å². The van der Waals surface area contributed by atoms with Crippen molar-refractivity contribution in [3.8, 4) is 16.9 Å². The van der Waals surface area contributed by atoms with Crippen molar-refractivity contribution >= 4 is 6.21 Å². The molecule has 4 nitrogen and oxygen atoms in total. The Kier molecular flexibility index (Phi) is 3.70. The predicted molar refractivity (Wildman–Crippen MR) is 83.1 cm³/mol. The third-order valence-corrected chi connectivity index (χ3v) is 3.39. The molecule has 0 amide bonds. The third-order valence-electron chi connectivity index (χ3n) is 3.39. The van der Waals surface area contributed by atoms with E-state index in [1.807, 2.05) is 30.3 Å². The number of halogens is 1. The first-order valence-electron chi connectivity index (χ1n) is 6.78. The molecule has 0 saturated heterocycles. The summed E-state index contributed by atoms with van der Waals surface area (Å²) in [5, 5.41) is 16.5. The molecule has 3 aromatic rings. The number of nitrogens with zero attached hydrogens (tertiary/aromatic N) is 3. The van der Waals surface area contributed by atoms with Gasteiger partial charge in [0.1, 0.15) is 11.5 Å². The van der Waals surface area contributed by atoms with E-state index in [0.717, 1.165) is 11.3 Å². The number of aryl methyl sites for hydroxylation is 1. The second-order valence-corrected chi connectivity index (χ2v) is 4.92. The van der Waals surface area contributed by atoms with Crippen LogP contribution in [0.5, 0.6) is 0 Å². The largest absolute Gasteiger partial charge is 0.411 e. The lowest BCUT2D eigenvalue weighted by Gasteiger charge is -2.02. The van der Waals surface area contributed by atoms with E-state index in [4.69, 9.17) is 5.21 Å². The predicted octanol–water partition coefficient (Wildman–Crippen LogP) is 3.79. The number of para-hydroxylation sites is 1. The van der Waals surface area contributed by atoms with Crippen LogP contribution in [0.3, 0.4) is 0 Å². The molecule has 3 rings (SSSR count). The highest BCUT2D eigenvalue weighted by molar-refractivity contribution is 5.88. The quantitative estimate of drug-likeness (QED) is 0.454. The van der Waals surface area contributed by atoms with Crippen LogP contribution in [0.4, 0.5) is 4.39 Å². The molecule has 1 aromatic heterocycles. The number of hydrogen-bond acceptors (Lipinski definition) is 3. The molecule has 0 atom stereocenters. The highest BCUT2D eigenvalue weighted by Gasteiger charge is 2.12. The zero-order valence-corrected chi connectivity index (χ0v) is 11.9. The molecule has 0 bridgehead atoms. The Morgan fingerprint density at radius 2 is 1.95 bits per heavy atom. The first-order valence-corrected chi connectivity index (χ1v) is 6.78. The molecule has 0 radical (unpaired) electrons. The van der Waals surface area contributed by atoms with Gasteiger partial charge in [0.05, 0.1) is 11.9 Å². The molecule has 0 aliphatic carbocycles. The van der Waals surface area contributed by atoms with Gasteiger partial charge in [0, 0.05) is 17.3 Å². The van der Waals surface area contributed by atoms with Gasteiger partial charge in [-0.3, -0.25) is 0 Å². The van der Waals surface area contributed by atoms with E-state index in [1.165, 1.54) is 12.3 Å². The van der Waals surface area contributed by atoms with Crippen LogP contribution in [0.15, 0.2) is 59.9 Å². The van der Waals surface area contributed by atoms with Crippen molar-refractivity contribution in [1.29, 1.82) is 0 Å². The maximum Gasteiger partial charge on any atom is 0.126 e. The normalized spacial score (nSPS) is 11.2. The molecule has 22 heavy (non-hydrogen) atoms. The summed E-state index contributed by atoms with van der Waals surface area (Å²) in [6, 6.07) is 14.4. The second-order valence-electron chi connectivity index (χ2n) is 4.92. The molecule has 0 aliphatic rings. The van der Waals surface area contributed by atoms with Gasteiger partial charge in [0.25, 0.3) is 0 Å². The fraction of sp³-hybridized carbons (Fsp3) is 0.0588. The van der Waals surface area contributed by atoms with E-state index in [1.54, 1.807) is 29.9 Å². The Hall–Kier alpha value is -2.95. The van der Waals surface area contributed by atoms with Crippen molar-refractivity contribution in [2.75, 3.05) is 0 Å². The molecule has 110 valence electrons. The SMILES string of the molecule is Cc1cc(-c2nn(-c3ccccc3)cc2C=NO)ccc1F. The van der Waals surface area contributed by atoms with Crippen LogP contribution in [-0.4, -0.2) is 21.2 Å². The van der Waals surface area contributed by atoms with Gasteiger partial charge in [-0.15, -0.1) is 0 Å². The molecule has 0 fully saturated rings. The summed E-state index contributed by atoms with van der Waals surface area (Å²) < 4.78 is 15.1. The van der Waals surface area contributed by atoms with Gasteiger partial charge in [-0.2, -0.15) is 5.10 Å². The van der Waals surface area contributed by atoms with E-state index in [2.05, 4.69) is 10.3 Å². The first-order chi connectivity index (χ1) is 10.7. The summed E-state index contributed by atoms with van der Waals surface area (Å²) in [4.78, 5) is 0. The lowest BCUT2D eigenvalue weighted by Crippen LogP contribution is -1.94. The van der Waals surface area contributed by atoms with Crippen LogP contribution in [-0.2, 0) is 0 Å². The van der Waals surface area contributed by atoms with Crippen molar-refractivity contribution in [3.63, 3.8) is 0 Å². The van der Waals surface area contributed by atoms with Crippen LogP contribution in [0.25, 0.3) is 16.9 Å². The molecule has 0 saturated carbocycles. The molecule has 0 aliphatic heterocycles. The van der Waals surface area contributed by atoms with Gasteiger partial charge < -0.3 is 5.21 Å². The summed E-state index contributed by atoms with van der Waals surface area (Å²) in [6.07, 6.45) is 3.09. The molecule has 5 heteroatoms. The van der Waals surface area contributed by atoms with E-state index in [9.17, 15) is 4.39 Å². The number of aromatic nitrogens is 2. The Labute approximate surface area is 127 Å². The third kappa shape index (κ3) is 2.61. The Morgan fingerprint density at radius 1 is 1.18 bits per heavy atom. The fourth-order valence-electron chi connectivity index (χ4n) is 2.27. The summed E-state index contributed by atoms with van der Waals surface area (Å²) in [7, 11) is 0. The summed E-state index contributed by atoms with van der Waals surface area (Å²) in [5.74, 6) is -0.261. The summed E-state index contributed by atoms with van der Waals surface area (Å²) in [5.41, 5.74) is 3.48. The van der Waals surface area contributed by atoms with E-state index in [-0.39, 0.29) is 5.82 Å². The standard InChI is InChI=1S/C17H14FN3O/c1-12-9-13(7-8-16(12)18)17-14(10-19-22)11-21(20-17)15-5-3-2-4-6-15/h2-11,22H,1H3. The smallest absolute Gasteiger partial charge is 0.126 e. The minimum atomic E-state index is -0.261. The van der Waals surface area contributed by atoms with E-state index >= 15 is 0 Å². The molecule has 0 unspecified atom stereocenters. The summed E-state index contributed by atoms with van der Waals surface area (Å²) >= 11 is 0. The average Bonchev–Trinajstić information content (AvgIpc) is 2.95. The van der Waals surface area contributed by atoms with Crippen molar-refractivity contribution in [3.05, 3.63) is 71.7 Å². The van der Waals surface area contributed by atoms with Gasteiger partial charge in [-0.25, -0.2) is 9.07 Å². The highest BCUT2D eigenvalue weighted by atomic mass is 19.1. The summed E-state index contributed by atoms with van der Waals surface area (Å²) in [6.45, 7) is 1.70. The van der Waals surface area contributed by atoms with Crippen molar-refractivity contribution in [1.82, 2.24) is 9.78 Å². The highest BCUT2D eigenvalue weighted by Crippen LogP contribution is 2.24. The molecule has 1 heterocycles. The van der Waals surface area contributed by atoms with Crippen molar-refractivity contribution in [2.45, 2.75) is 6.92 Å². The van der Waals surface area contributed by atoms with Gasteiger partial charge in [0.15, 0.2) is 0 Å². The Balaban J connectivity index is 2.14. The van der Waals surface area contributed by atoms with Crippen LogP contribution in [0.1, 0.15) is 11.1 Å². The Morgan fingerprint density at radius 3 is 2.64 bits per heavy atom. The Bertz CT molecular complexity index is 825. The van der Waals surface area contributed by atoms with Gasteiger partial charge >= 0.3 is 0 Å². The van der Waals surface area contributed by atoms with Crippen molar-refractivity contribution in [2.24, 2.45) is 5.16 Å². The monoisotopic (exact) mass is 295 g/mol. The van der Waals surface area contributed by atoms with Crippen LogP contribution in [0.2, 0.25) is 0 Å². The molecular weight excluding hydrogens is 281 g/mol. The lowest BCUT2D eigenvalue weighted by molar-refractivity contribution is 0.322. The minimum Gasteiger partial charge on any atom is -0.411 e. The molecule has 0 spiro atoms. The lowest BCUT2D eigenvalue weighted by atomic mass is 10.1. The fourth-order valence-corrected chi connectivity index (χ4v) is 2.27. The zero-order valence-electron chi connectivity index (χ0n) is 11.9. The molecular formula is C17H14FN3O. The minimum absolute atomic E-state index is 0.261. The zero-order chi connectivity index (χ0) is 15.5. The van der Waals surface area contributed by atoms with E-state index < -0.39 is 0 Å². The molecule has 2 aromatic carbocycles.